The molecule has 2 rings (SSSR count). The first-order chi connectivity index (χ1) is 8.67. The maximum atomic E-state index is 11.9. The molecule has 1 amide bonds. The number of methoxy groups -OCH3 is 1. The van der Waals surface area contributed by atoms with Crippen molar-refractivity contribution >= 4 is 27.9 Å². The molecule has 0 bridgehead atoms. The Bertz CT molecular complexity index is 466. The fraction of sp³-hybridized carbons (Fsp3) is 0.417. The molecule has 4 N–H and O–H groups in total. The zero-order valence-corrected chi connectivity index (χ0v) is 11.1. The highest BCUT2D eigenvalue weighted by molar-refractivity contribution is 7.19. The molecule has 0 aromatic carbocycles. The van der Waals surface area contributed by atoms with Crippen LogP contribution in [0.25, 0.3) is 0 Å². The van der Waals surface area contributed by atoms with Crippen LogP contribution in [0.3, 0.4) is 0 Å². The Balaban J connectivity index is 2.21. The predicted molar refractivity (Wildman–Crippen MR) is 74.5 cm³/mol. The normalized spacial score (nSPS) is 14.1. The van der Waals surface area contributed by atoms with Crippen molar-refractivity contribution < 1.29 is 9.53 Å². The first kappa shape index (κ1) is 12.8. The standard InChI is InChI=1S/C12H17N3O2S/c1-3-6-14-11(16)10-8(13)9(17-2)12(18-10)15-7-4-5-7/h3,7,15H,1,4-6,13H2,2H3,(H,14,16). The van der Waals surface area contributed by atoms with Gasteiger partial charge in [0.1, 0.15) is 15.6 Å². The molecule has 0 radical (unpaired) electrons. The van der Waals surface area contributed by atoms with Gasteiger partial charge >= 0.3 is 0 Å². The third-order valence-corrected chi connectivity index (χ3v) is 3.75. The molecular formula is C12H17N3O2S. The zero-order chi connectivity index (χ0) is 13.1. The van der Waals surface area contributed by atoms with Gasteiger partial charge in [-0.05, 0) is 12.8 Å². The molecule has 1 heterocycles. The van der Waals surface area contributed by atoms with E-state index in [1.165, 1.54) is 11.3 Å². The van der Waals surface area contributed by atoms with Crippen LogP contribution in [0, 0.1) is 0 Å². The molecule has 18 heavy (non-hydrogen) atoms. The van der Waals surface area contributed by atoms with E-state index in [0.717, 1.165) is 17.8 Å². The number of anilines is 2. The van der Waals surface area contributed by atoms with Gasteiger partial charge in [0, 0.05) is 12.6 Å². The van der Waals surface area contributed by atoms with E-state index in [4.69, 9.17) is 10.5 Å². The Morgan fingerprint density at radius 1 is 1.67 bits per heavy atom. The highest BCUT2D eigenvalue weighted by Crippen LogP contribution is 2.44. The Hall–Kier alpha value is -1.69. The van der Waals surface area contributed by atoms with E-state index in [1.807, 2.05) is 0 Å². The van der Waals surface area contributed by atoms with Gasteiger partial charge in [-0.2, -0.15) is 0 Å². The van der Waals surface area contributed by atoms with E-state index < -0.39 is 0 Å². The molecule has 1 aromatic heterocycles. The van der Waals surface area contributed by atoms with Crippen molar-refractivity contribution in [1.82, 2.24) is 5.32 Å². The van der Waals surface area contributed by atoms with Crippen molar-refractivity contribution in [1.29, 1.82) is 0 Å². The van der Waals surface area contributed by atoms with Crippen molar-refractivity contribution in [3.63, 3.8) is 0 Å². The number of nitrogens with two attached hydrogens (primary N) is 1. The number of nitrogen functional groups attached to an aromatic ring is 1. The van der Waals surface area contributed by atoms with Crippen LogP contribution in [0.15, 0.2) is 12.7 Å². The molecule has 1 aromatic rings. The van der Waals surface area contributed by atoms with Crippen LogP contribution in [0.5, 0.6) is 5.75 Å². The fourth-order valence-corrected chi connectivity index (χ4v) is 2.64. The minimum Gasteiger partial charge on any atom is -0.492 e. The van der Waals surface area contributed by atoms with Crippen LogP contribution in [-0.4, -0.2) is 25.6 Å². The number of thiophene rings is 1. The largest absolute Gasteiger partial charge is 0.492 e. The summed E-state index contributed by atoms with van der Waals surface area (Å²) in [5, 5.41) is 6.87. The van der Waals surface area contributed by atoms with E-state index in [2.05, 4.69) is 17.2 Å². The topological polar surface area (TPSA) is 76.4 Å². The average Bonchev–Trinajstić information content (AvgIpc) is 3.11. The van der Waals surface area contributed by atoms with Gasteiger partial charge in [0.15, 0.2) is 5.75 Å². The number of rotatable bonds is 6. The summed E-state index contributed by atoms with van der Waals surface area (Å²) in [6.07, 6.45) is 3.93. The molecule has 0 atom stereocenters. The van der Waals surface area contributed by atoms with Crippen molar-refractivity contribution in [3.05, 3.63) is 17.5 Å². The molecule has 0 spiro atoms. The molecule has 5 nitrogen and oxygen atoms in total. The molecule has 1 saturated carbocycles. The lowest BCUT2D eigenvalue weighted by Gasteiger charge is -2.04. The van der Waals surface area contributed by atoms with Crippen LogP contribution in [0.4, 0.5) is 10.7 Å². The molecule has 1 aliphatic rings. The van der Waals surface area contributed by atoms with E-state index in [1.54, 1.807) is 13.2 Å². The lowest BCUT2D eigenvalue weighted by molar-refractivity contribution is 0.0962. The third-order valence-electron chi connectivity index (χ3n) is 2.63. The van der Waals surface area contributed by atoms with Crippen LogP contribution in [0.2, 0.25) is 0 Å². The summed E-state index contributed by atoms with van der Waals surface area (Å²) in [5.74, 6) is 0.371. The summed E-state index contributed by atoms with van der Waals surface area (Å²) in [7, 11) is 1.56. The fourth-order valence-electron chi connectivity index (χ4n) is 1.55. The smallest absolute Gasteiger partial charge is 0.263 e. The number of hydrogen-bond donors (Lipinski definition) is 3. The van der Waals surface area contributed by atoms with Crippen LogP contribution in [-0.2, 0) is 0 Å². The van der Waals surface area contributed by atoms with Crippen molar-refractivity contribution in [2.24, 2.45) is 0 Å². The second-order valence-corrected chi connectivity index (χ2v) is 5.15. The number of hydrogen-bond acceptors (Lipinski definition) is 5. The van der Waals surface area contributed by atoms with E-state index in [0.29, 0.717) is 28.9 Å². The summed E-state index contributed by atoms with van der Waals surface area (Å²) < 4.78 is 5.26. The monoisotopic (exact) mass is 267 g/mol. The van der Waals surface area contributed by atoms with Crippen LogP contribution >= 0.6 is 11.3 Å². The summed E-state index contributed by atoms with van der Waals surface area (Å²) in [6.45, 7) is 3.98. The lowest BCUT2D eigenvalue weighted by atomic mass is 10.3. The van der Waals surface area contributed by atoms with Gasteiger partial charge in [-0.15, -0.1) is 17.9 Å². The van der Waals surface area contributed by atoms with Crippen LogP contribution in [0.1, 0.15) is 22.5 Å². The van der Waals surface area contributed by atoms with E-state index in [-0.39, 0.29) is 5.91 Å². The van der Waals surface area contributed by atoms with Crippen molar-refractivity contribution in [3.8, 4) is 5.75 Å². The second-order valence-electron chi connectivity index (χ2n) is 4.12. The number of amides is 1. The van der Waals surface area contributed by atoms with Gasteiger partial charge in [-0.25, -0.2) is 0 Å². The number of ether oxygens (including phenoxy) is 1. The summed E-state index contributed by atoms with van der Waals surface area (Å²) >= 11 is 1.33. The summed E-state index contributed by atoms with van der Waals surface area (Å²) in [6, 6.07) is 0.487. The van der Waals surface area contributed by atoms with Gasteiger partial charge < -0.3 is 21.1 Å². The van der Waals surface area contributed by atoms with Gasteiger partial charge in [0.25, 0.3) is 5.91 Å². The Morgan fingerprint density at radius 3 is 2.94 bits per heavy atom. The molecule has 0 unspecified atom stereocenters. The first-order valence-electron chi connectivity index (χ1n) is 5.79. The van der Waals surface area contributed by atoms with Crippen LogP contribution < -0.4 is 21.1 Å². The van der Waals surface area contributed by atoms with Gasteiger partial charge in [-0.1, -0.05) is 6.08 Å². The number of carbonyl (C=O) groups is 1. The second kappa shape index (κ2) is 5.30. The molecule has 0 aliphatic heterocycles. The van der Waals surface area contributed by atoms with E-state index in [9.17, 15) is 4.79 Å². The van der Waals surface area contributed by atoms with Gasteiger partial charge in [0.2, 0.25) is 0 Å². The minimum atomic E-state index is -0.195. The van der Waals surface area contributed by atoms with Crippen molar-refractivity contribution in [2.75, 3.05) is 24.7 Å². The summed E-state index contributed by atoms with van der Waals surface area (Å²) in [4.78, 5) is 12.4. The Morgan fingerprint density at radius 2 is 2.39 bits per heavy atom. The third kappa shape index (κ3) is 2.59. The highest BCUT2D eigenvalue weighted by atomic mass is 32.1. The summed E-state index contributed by atoms with van der Waals surface area (Å²) in [5.41, 5.74) is 6.34. The Labute approximate surface area is 110 Å². The predicted octanol–water partition coefficient (Wildman–Crippen LogP) is 1.83. The lowest BCUT2D eigenvalue weighted by Crippen LogP contribution is -2.23. The molecular weight excluding hydrogens is 250 g/mol. The van der Waals surface area contributed by atoms with Gasteiger partial charge in [-0.3, -0.25) is 4.79 Å². The van der Waals surface area contributed by atoms with Crippen molar-refractivity contribution in [2.45, 2.75) is 18.9 Å². The molecule has 98 valence electrons. The van der Waals surface area contributed by atoms with E-state index >= 15 is 0 Å². The SMILES string of the molecule is C=CCNC(=O)c1sc(NC2CC2)c(OC)c1N. The average molecular weight is 267 g/mol. The quantitative estimate of drug-likeness (QED) is 0.687. The molecule has 0 saturated heterocycles. The maximum absolute atomic E-state index is 11.9. The zero-order valence-electron chi connectivity index (χ0n) is 10.3. The number of carbonyl (C=O) groups excluding carboxylic acids is 1. The Kier molecular flexibility index (Phi) is 3.76. The molecule has 1 fully saturated rings. The molecule has 1 aliphatic carbocycles. The minimum absolute atomic E-state index is 0.195. The highest BCUT2D eigenvalue weighted by Gasteiger charge is 2.27. The number of nitrogens with one attached hydrogen (secondary N) is 2. The first-order valence-corrected chi connectivity index (χ1v) is 6.61. The maximum Gasteiger partial charge on any atom is 0.263 e. The molecule has 6 heteroatoms. The van der Waals surface area contributed by atoms with Gasteiger partial charge in [0.05, 0.1) is 7.11 Å².